The second-order valence-electron chi connectivity index (χ2n) is 4.31. The number of hydrogen-bond acceptors (Lipinski definition) is 4. The summed E-state index contributed by atoms with van der Waals surface area (Å²) in [5.41, 5.74) is 0.194. The van der Waals surface area contributed by atoms with Crippen molar-refractivity contribution in [2.75, 3.05) is 18.6 Å². The van der Waals surface area contributed by atoms with Crippen molar-refractivity contribution < 1.29 is 17.9 Å². The Balaban J connectivity index is 3.01. The zero-order valence-corrected chi connectivity index (χ0v) is 13.6. The van der Waals surface area contributed by atoms with Gasteiger partial charge in [-0.3, -0.25) is 0 Å². The highest BCUT2D eigenvalue weighted by molar-refractivity contribution is 7.98. The van der Waals surface area contributed by atoms with Gasteiger partial charge in [0.2, 0.25) is 10.0 Å². The lowest BCUT2D eigenvalue weighted by atomic mass is 10.2. The third-order valence-electron chi connectivity index (χ3n) is 2.72. The summed E-state index contributed by atoms with van der Waals surface area (Å²) < 4.78 is 40.1. The molecule has 2 N–H and O–H groups in total. The molecule has 0 heterocycles. The van der Waals surface area contributed by atoms with Crippen LogP contribution in [0.4, 0.5) is 4.39 Å². The molecule has 0 radical (unpaired) electrons. The molecule has 0 aliphatic heterocycles. The minimum absolute atomic E-state index is 0.179. The van der Waals surface area contributed by atoms with Crippen LogP contribution < -0.4 is 4.72 Å². The first-order chi connectivity index (χ1) is 9.31. The number of halogens is 2. The van der Waals surface area contributed by atoms with Crippen LogP contribution in [0, 0.1) is 12.7 Å². The Bertz CT molecular complexity index is 566. The van der Waals surface area contributed by atoms with Gasteiger partial charge in [-0.25, -0.2) is 17.5 Å². The molecule has 0 aromatic heterocycles. The largest absolute Gasteiger partial charge is 0.395 e. The molecular formula is C12H17ClFNO3S2. The van der Waals surface area contributed by atoms with E-state index in [1.54, 1.807) is 11.8 Å². The standard InChI is InChI=1S/C12H17ClFNO3S2/c1-8-5-12(10(13)6-11(8)14)20(17,18)15-9(7-16)3-4-19-2/h5-6,9,15-16H,3-4,7H2,1-2H3/t9-/m0/s1. The van der Waals surface area contributed by atoms with E-state index in [4.69, 9.17) is 11.6 Å². The van der Waals surface area contributed by atoms with Crippen LogP contribution in [0.25, 0.3) is 0 Å². The van der Waals surface area contributed by atoms with Gasteiger partial charge in [0.15, 0.2) is 0 Å². The van der Waals surface area contributed by atoms with Gasteiger partial charge in [0, 0.05) is 6.04 Å². The van der Waals surface area contributed by atoms with Crippen molar-refractivity contribution in [3.8, 4) is 0 Å². The number of sulfonamides is 1. The van der Waals surface area contributed by atoms with E-state index in [1.807, 2.05) is 6.26 Å². The Labute approximate surface area is 127 Å². The van der Waals surface area contributed by atoms with Crippen LogP contribution in [0.3, 0.4) is 0 Å². The van der Waals surface area contributed by atoms with Crippen molar-refractivity contribution in [3.63, 3.8) is 0 Å². The molecule has 0 spiro atoms. The third-order valence-corrected chi connectivity index (χ3v) is 5.34. The van der Waals surface area contributed by atoms with Crippen LogP contribution in [0.15, 0.2) is 17.0 Å². The normalized spacial score (nSPS) is 13.4. The highest BCUT2D eigenvalue weighted by Gasteiger charge is 2.23. The molecule has 114 valence electrons. The van der Waals surface area contributed by atoms with Crippen LogP contribution in [-0.4, -0.2) is 38.2 Å². The molecule has 0 saturated carbocycles. The first-order valence-corrected chi connectivity index (χ1v) is 9.15. The number of nitrogens with one attached hydrogen (secondary N) is 1. The van der Waals surface area contributed by atoms with Crippen molar-refractivity contribution >= 4 is 33.4 Å². The van der Waals surface area contributed by atoms with Gasteiger partial charge in [-0.15, -0.1) is 0 Å². The Kier molecular flexibility index (Phi) is 6.74. The number of hydrogen-bond donors (Lipinski definition) is 2. The number of rotatable bonds is 7. The lowest BCUT2D eigenvalue weighted by Gasteiger charge is -2.17. The molecule has 0 bridgehead atoms. The maximum absolute atomic E-state index is 13.3. The van der Waals surface area contributed by atoms with Gasteiger partial charge < -0.3 is 5.11 Å². The van der Waals surface area contributed by atoms with Gasteiger partial charge in [-0.1, -0.05) is 11.6 Å². The molecule has 1 aromatic rings. The second-order valence-corrected chi connectivity index (χ2v) is 7.39. The van der Waals surface area contributed by atoms with Gasteiger partial charge in [-0.05, 0) is 43.0 Å². The molecule has 0 fully saturated rings. The highest BCUT2D eigenvalue weighted by Crippen LogP contribution is 2.25. The van der Waals surface area contributed by atoms with Crippen LogP contribution in [0.2, 0.25) is 5.02 Å². The van der Waals surface area contributed by atoms with Crippen molar-refractivity contribution in [2.45, 2.75) is 24.3 Å². The Morgan fingerprint density at radius 3 is 2.70 bits per heavy atom. The summed E-state index contributed by atoms with van der Waals surface area (Å²) in [5, 5.41) is 9.02. The fraction of sp³-hybridized carbons (Fsp3) is 0.500. The molecule has 0 aliphatic carbocycles. The molecule has 20 heavy (non-hydrogen) atoms. The van der Waals surface area contributed by atoms with E-state index in [1.165, 1.54) is 13.0 Å². The summed E-state index contributed by atoms with van der Waals surface area (Å²) >= 11 is 7.34. The van der Waals surface area contributed by atoms with Gasteiger partial charge in [0.1, 0.15) is 10.7 Å². The first kappa shape index (κ1) is 17.7. The summed E-state index contributed by atoms with van der Waals surface area (Å²) in [5.74, 6) is 0.152. The van der Waals surface area contributed by atoms with E-state index in [9.17, 15) is 17.9 Å². The number of aliphatic hydroxyl groups excluding tert-OH is 1. The van der Waals surface area contributed by atoms with E-state index in [2.05, 4.69) is 4.72 Å². The SMILES string of the molecule is CSCC[C@@H](CO)NS(=O)(=O)c1cc(C)c(F)cc1Cl. The average molecular weight is 342 g/mol. The zero-order chi connectivity index (χ0) is 15.3. The Hall–Kier alpha value is -0.340. The number of aliphatic hydroxyl groups is 1. The molecule has 1 rings (SSSR count). The fourth-order valence-electron chi connectivity index (χ4n) is 1.57. The van der Waals surface area contributed by atoms with Gasteiger partial charge in [-0.2, -0.15) is 11.8 Å². The molecule has 0 amide bonds. The topological polar surface area (TPSA) is 66.4 Å². The van der Waals surface area contributed by atoms with Crippen molar-refractivity contribution in [1.82, 2.24) is 4.72 Å². The fourth-order valence-corrected chi connectivity index (χ4v) is 3.95. The summed E-state index contributed by atoms with van der Waals surface area (Å²) in [7, 11) is -3.89. The van der Waals surface area contributed by atoms with E-state index in [-0.39, 0.29) is 22.1 Å². The van der Waals surface area contributed by atoms with E-state index in [0.717, 1.165) is 6.07 Å². The predicted molar refractivity (Wildman–Crippen MR) is 80.3 cm³/mol. The molecule has 1 aromatic carbocycles. The molecule has 0 aliphatic rings. The summed E-state index contributed by atoms with van der Waals surface area (Å²) in [6, 6.07) is 1.57. The molecule has 0 unspecified atom stereocenters. The molecule has 4 nitrogen and oxygen atoms in total. The lowest BCUT2D eigenvalue weighted by molar-refractivity contribution is 0.254. The van der Waals surface area contributed by atoms with E-state index >= 15 is 0 Å². The maximum Gasteiger partial charge on any atom is 0.242 e. The Morgan fingerprint density at radius 1 is 1.50 bits per heavy atom. The van der Waals surface area contributed by atoms with Crippen LogP contribution in [-0.2, 0) is 10.0 Å². The molecule has 1 atom stereocenters. The molecule has 0 saturated heterocycles. The smallest absolute Gasteiger partial charge is 0.242 e. The lowest BCUT2D eigenvalue weighted by Crippen LogP contribution is -2.38. The van der Waals surface area contributed by atoms with Crippen molar-refractivity contribution in [3.05, 3.63) is 28.5 Å². The quantitative estimate of drug-likeness (QED) is 0.797. The minimum atomic E-state index is -3.89. The molecule has 8 heteroatoms. The summed E-state index contributed by atoms with van der Waals surface area (Å²) in [4.78, 5) is -0.180. The first-order valence-electron chi connectivity index (χ1n) is 5.89. The average Bonchev–Trinajstić information content (AvgIpc) is 2.38. The Morgan fingerprint density at radius 2 is 2.15 bits per heavy atom. The van der Waals surface area contributed by atoms with Gasteiger partial charge >= 0.3 is 0 Å². The maximum atomic E-state index is 13.3. The van der Waals surface area contributed by atoms with Gasteiger partial charge in [0.25, 0.3) is 0 Å². The monoisotopic (exact) mass is 341 g/mol. The number of aryl methyl sites for hydroxylation is 1. The van der Waals surface area contributed by atoms with E-state index < -0.39 is 21.9 Å². The molecular weight excluding hydrogens is 325 g/mol. The second kappa shape index (κ2) is 7.61. The summed E-state index contributed by atoms with van der Waals surface area (Å²) in [6.45, 7) is 1.15. The van der Waals surface area contributed by atoms with Crippen molar-refractivity contribution in [1.29, 1.82) is 0 Å². The summed E-state index contributed by atoms with van der Waals surface area (Å²) in [6.07, 6.45) is 2.39. The number of benzene rings is 1. The van der Waals surface area contributed by atoms with Gasteiger partial charge in [0.05, 0.1) is 11.6 Å². The van der Waals surface area contributed by atoms with Crippen LogP contribution in [0.5, 0.6) is 0 Å². The van der Waals surface area contributed by atoms with Crippen LogP contribution in [0.1, 0.15) is 12.0 Å². The van der Waals surface area contributed by atoms with E-state index in [0.29, 0.717) is 12.2 Å². The predicted octanol–water partition coefficient (Wildman–Crippen LogP) is 2.18. The number of thioether (sulfide) groups is 1. The van der Waals surface area contributed by atoms with Crippen molar-refractivity contribution in [2.24, 2.45) is 0 Å². The highest BCUT2D eigenvalue weighted by atomic mass is 35.5. The van der Waals surface area contributed by atoms with Crippen LogP contribution >= 0.6 is 23.4 Å². The minimum Gasteiger partial charge on any atom is -0.395 e. The third kappa shape index (κ3) is 4.60. The zero-order valence-electron chi connectivity index (χ0n) is 11.2.